The van der Waals surface area contributed by atoms with Crippen molar-refractivity contribution in [2.24, 2.45) is 5.14 Å². The number of aromatic nitrogens is 2. The van der Waals surface area contributed by atoms with Crippen LogP contribution in [-0.4, -0.2) is 29.4 Å². The first kappa shape index (κ1) is 19.6. The van der Waals surface area contributed by atoms with E-state index >= 15 is 0 Å². The van der Waals surface area contributed by atoms with E-state index in [0.29, 0.717) is 11.6 Å². The van der Waals surface area contributed by atoms with E-state index in [4.69, 9.17) is 10.1 Å². The third kappa shape index (κ3) is 3.87. The number of sulfonamides is 1. The highest BCUT2D eigenvalue weighted by Crippen LogP contribution is 2.35. The van der Waals surface area contributed by atoms with Gasteiger partial charge in [0.1, 0.15) is 5.82 Å². The van der Waals surface area contributed by atoms with Gasteiger partial charge in [-0.1, -0.05) is 19.4 Å². The van der Waals surface area contributed by atoms with Gasteiger partial charge in [0.05, 0.1) is 22.5 Å². The van der Waals surface area contributed by atoms with E-state index in [-0.39, 0.29) is 4.90 Å². The van der Waals surface area contributed by atoms with Gasteiger partial charge in [0, 0.05) is 17.5 Å². The van der Waals surface area contributed by atoms with Crippen LogP contribution < -0.4 is 5.14 Å². The van der Waals surface area contributed by atoms with E-state index in [9.17, 15) is 8.42 Å². The van der Waals surface area contributed by atoms with Gasteiger partial charge >= 0.3 is 0 Å². The Labute approximate surface area is 170 Å². The first-order valence-corrected chi connectivity index (χ1v) is 12.2. The summed E-state index contributed by atoms with van der Waals surface area (Å²) in [6.45, 7) is 4.88. The molecule has 8 heteroatoms. The minimum Gasteiger partial charge on any atom is -0.327 e. The molecule has 6 nitrogen and oxygen atoms in total. The Kier molecular flexibility index (Phi) is 5.55. The molecule has 0 spiro atoms. The smallest absolute Gasteiger partial charge is 0.238 e. The SMILES string of the molecule is CCCCn1c(CN2CCCC2c2cccs2)nc2cc(S(N)(=O)=O)ccc21. The summed E-state index contributed by atoms with van der Waals surface area (Å²) in [5.41, 5.74) is 1.67. The number of aryl methyl sites for hydroxylation is 1. The first-order chi connectivity index (χ1) is 13.5. The predicted molar refractivity (Wildman–Crippen MR) is 113 cm³/mol. The number of nitrogens with zero attached hydrogens (tertiary/aromatic N) is 3. The van der Waals surface area contributed by atoms with Gasteiger partial charge in [0.15, 0.2) is 0 Å². The highest BCUT2D eigenvalue weighted by Gasteiger charge is 2.28. The van der Waals surface area contributed by atoms with Crippen LogP contribution in [0.4, 0.5) is 0 Å². The van der Waals surface area contributed by atoms with Gasteiger partial charge in [-0.25, -0.2) is 18.5 Å². The van der Waals surface area contributed by atoms with Crippen LogP contribution in [0.5, 0.6) is 0 Å². The number of thiophene rings is 1. The molecular formula is C20H26N4O2S2. The average Bonchev–Trinajstić information content (AvgIpc) is 3.38. The van der Waals surface area contributed by atoms with Gasteiger partial charge in [0.2, 0.25) is 10.0 Å². The molecule has 150 valence electrons. The molecule has 1 aliphatic heterocycles. The molecule has 0 saturated carbocycles. The number of benzene rings is 1. The minimum absolute atomic E-state index is 0.115. The molecule has 4 rings (SSSR count). The standard InChI is InChI=1S/C20H26N4O2S2/c1-2-3-11-24-17-9-8-15(28(21,25)26)13-16(17)22-20(24)14-23-10-4-6-18(23)19-7-5-12-27-19/h5,7-9,12-13,18H,2-4,6,10-11,14H2,1H3,(H2,21,25,26). The maximum atomic E-state index is 11.7. The Bertz CT molecular complexity index is 1060. The summed E-state index contributed by atoms with van der Waals surface area (Å²) in [6.07, 6.45) is 4.51. The Morgan fingerprint density at radius 2 is 2.18 bits per heavy atom. The zero-order chi connectivity index (χ0) is 19.7. The van der Waals surface area contributed by atoms with E-state index in [1.807, 2.05) is 17.4 Å². The van der Waals surface area contributed by atoms with Gasteiger partial charge in [-0.3, -0.25) is 4.90 Å². The number of rotatable bonds is 7. The molecule has 1 aromatic carbocycles. The molecule has 1 atom stereocenters. The van der Waals surface area contributed by atoms with Crippen molar-refractivity contribution in [1.29, 1.82) is 0 Å². The molecule has 2 aromatic heterocycles. The van der Waals surface area contributed by atoms with Crippen LogP contribution in [0.3, 0.4) is 0 Å². The van der Waals surface area contributed by atoms with E-state index in [0.717, 1.165) is 43.8 Å². The first-order valence-electron chi connectivity index (χ1n) is 9.77. The molecule has 0 radical (unpaired) electrons. The fourth-order valence-corrected chi connectivity index (χ4v) is 5.45. The van der Waals surface area contributed by atoms with Gasteiger partial charge in [-0.2, -0.15) is 0 Å². The molecule has 0 amide bonds. The lowest BCUT2D eigenvalue weighted by atomic mass is 10.2. The number of nitrogens with two attached hydrogens (primary N) is 1. The highest BCUT2D eigenvalue weighted by atomic mass is 32.2. The molecule has 2 N–H and O–H groups in total. The molecule has 0 aliphatic carbocycles. The minimum atomic E-state index is -3.73. The third-order valence-corrected chi connectivity index (χ3v) is 7.33. The van der Waals surface area contributed by atoms with E-state index < -0.39 is 10.0 Å². The highest BCUT2D eigenvalue weighted by molar-refractivity contribution is 7.89. The van der Waals surface area contributed by atoms with Crippen molar-refractivity contribution in [3.63, 3.8) is 0 Å². The molecule has 1 aliphatic rings. The van der Waals surface area contributed by atoms with Gasteiger partial charge < -0.3 is 4.57 Å². The molecule has 3 heterocycles. The summed E-state index contributed by atoms with van der Waals surface area (Å²) >= 11 is 1.81. The van der Waals surface area contributed by atoms with Gasteiger partial charge in [-0.15, -0.1) is 11.3 Å². The molecule has 28 heavy (non-hydrogen) atoms. The molecule has 1 unspecified atom stereocenters. The maximum Gasteiger partial charge on any atom is 0.238 e. The van der Waals surface area contributed by atoms with Crippen molar-refractivity contribution in [3.8, 4) is 0 Å². The largest absolute Gasteiger partial charge is 0.327 e. The monoisotopic (exact) mass is 418 g/mol. The summed E-state index contributed by atoms with van der Waals surface area (Å²) in [7, 11) is -3.73. The van der Waals surface area contributed by atoms with Crippen LogP contribution in [0.15, 0.2) is 40.6 Å². The molecular weight excluding hydrogens is 392 g/mol. The quantitative estimate of drug-likeness (QED) is 0.631. The Morgan fingerprint density at radius 3 is 2.89 bits per heavy atom. The number of likely N-dealkylation sites (tertiary alicyclic amines) is 1. The van der Waals surface area contributed by atoms with E-state index in [2.05, 4.69) is 33.9 Å². The van der Waals surface area contributed by atoms with Gasteiger partial charge in [-0.05, 0) is 55.5 Å². The lowest BCUT2D eigenvalue weighted by molar-refractivity contribution is 0.242. The van der Waals surface area contributed by atoms with Crippen LogP contribution in [0, 0.1) is 0 Å². The second kappa shape index (κ2) is 7.94. The van der Waals surface area contributed by atoms with Crippen LogP contribution in [-0.2, 0) is 23.1 Å². The van der Waals surface area contributed by atoms with E-state index in [1.54, 1.807) is 12.1 Å². The average molecular weight is 419 g/mol. The molecule has 1 fully saturated rings. The van der Waals surface area contributed by atoms with Gasteiger partial charge in [0.25, 0.3) is 0 Å². The van der Waals surface area contributed by atoms with E-state index in [1.165, 1.54) is 17.7 Å². The summed E-state index contributed by atoms with van der Waals surface area (Å²) in [4.78, 5) is 8.84. The number of imidazole rings is 1. The molecule has 0 bridgehead atoms. The summed E-state index contributed by atoms with van der Waals surface area (Å²) < 4.78 is 25.7. The van der Waals surface area contributed by atoms with Crippen molar-refractivity contribution in [3.05, 3.63) is 46.4 Å². The van der Waals surface area contributed by atoms with Crippen molar-refractivity contribution in [1.82, 2.24) is 14.5 Å². The zero-order valence-electron chi connectivity index (χ0n) is 16.0. The van der Waals surface area contributed by atoms with Crippen LogP contribution in [0.25, 0.3) is 11.0 Å². The number of unbranched alkanes of at least 4 members (excludes halogenated alkanes) is 1. The predicted octanol–water partition coefficient (Wildman–Crippen LogP) is 3.88. The summed E-state index contributed by atoms with van der Waals surface area (Å²) in [5, 5.41) is 7.44. The number of hydrogen-bond acceptors (Lipinski definition) is 5. The van der Waals surface area contributed by atoms with Crippen molar-refractivity contribution < 1.29 is 8.42 Å². The Morgan fingerprint density at radius 1 is 1.32 bits per heavy atom. The van der Waals surface area contributed by atoms with Crippen molar-refractivity contribution >= 4 is 32.4 Å². The topological polar surface area (TPSA) is 81.2 Å². The normalized spacial score (nSPS) is 18.3. The fraction of sp³-hybridized carbons (Fsp3) is 0.450. The van der Waals surface area contributed by atoms with Crippen LogP contribution in [0.1, 0.15) is 49.4 Å². The van der Waals surface area contributed by atoms with Crippen LogP contribution >= 0.6 is 11.3 Å². The summed E-state index contributed by atoms with van der Waals surface area (Å²) in [6, 6.07) is 9.78. The molecule has 3 aromatic rings. The zero-order valence-corrected chi connectivity index (χ0v) is 17.7. The number of primary sulfonamides is 1. The Hall–Kier alpha value is -1.74. The Balaban J connectivity index is 1.70. The fourth-order valence-electron chi connectivity index (χ4n) is 4.02. The van der Waals surface area contributed by atoms with Crippen LogP contribution in [0.2, 0.25) is 0 Å². The third-order valence-electron chi connectivity index (χ3n) is 5.44. The molecule has 1 saturated heterocycles. The maximum absolute atomic E-state index is 11.7. The number of hydrogen-bond donors (Lipinski definition) is 1. The van der Waals surface area contributed by atoms with Crippen molar-refractivity contribution in [2.45, 2.75) is 56.6 Å². The van der Waals surface area contributed by atoms with Crippen molar-refractivity contribution in [2.75, 3.05) is 6.54 Å². The summed E-state index contributed by atoms with van der Waals surface area (Å²) in [5.74, 6) is 0.999. The second-order valence-electron chi connectivity index (χ2n) is 7.37. The lowest BCUT2D eigenvalue weighted by Crippen LogP contribution is -2.24. The number of fused-ring (bicyclic) bond motifs is 1. The second-order valence-corrected chi connectivity index (χ2v) is 9.91. The lowest BCUT2D eigenvalue weighted by Gasteiger charge is -2.23.